The number of nitrogens with zero attached hydrogens (tertiary/aromatic N) is 2. The second-order valence-corrected chi connectivity index (χ2v) is 7.29. The van der Waals surface area contributed by atoms with Crippen LogP contribution in [0.15, 0.2) is 65.6 Å². The lowest BCUT2D eigenvalue weighted by Crippen LogP contribution is -2.14. The molecule has 1 aromatic heterocycles. The second-order valence-electron chi connectivity index (χ2n) is 5.64. The summed E-state index contributed by atoms with van der Waals surface area (Å²) in [6.45, 7) is 1.75. The van der Waals surface area contributed by atoms with Crippen molar-refractivity contribution in [2.75, 3.05) is 4.72 Å². The van der Waals surface area contributed by atoms with Crippen LogP contribution < -0.4 is 4.72 Å². The number of hydrogen-bond acceptors (Lipinski definition) is 5. The van der Waals surface area contributed by atoms with Gasteiger partial charge in [-0.05, 0) is 54.4 Å². The molecule has 2 N–H and O–H groups in total. The maximum atomic E-state index is 12.5. The minimum Gasteiger partial charge on any atom is -0.506 e. The number of phenols is 1. The van der Waals surface area contributed by atoms with Gasteiger partial charge in [-0.1, -0.05) is 24.3 Å². The van der Waals surface area contributed by atoms with E-state index in [1.807, 2.05) is 6.07 Å². The van der Waals surface area contributed by atoms with Crippen LogP contribution in [0.5, 0.6) is 5.75 Å². The molecule has 0 saturated heterocycles. The molecular weight excluding hydrogens is 350 g/mol. The van der Waals surface area contributed by atoms with Crippen LogP contribution in [-0.4, -0.2) is 18.5 Å². The van der Waals surface area contributed by atoms with Crippen molar-refractivity contribution in [1.29, 1.82) is 5.26 Å². The summed E-state index contributed by atoms with van der Waals surface area (Å²) in [5.41, 5.74) is 2.59. The first-order valence-corrected chi connectivity index (χ1v) is 9.17. The molecule has 0 bridgehead atoms. The number of hydrogen-bond donors (Lipinski definition) is 2. The van der Waals surface area contributed by atoms with Crippen molar-refractivity contribution in [2.24, 2.45) is 0 Å². The Morgan fingerprint density at radius 2 is 1.73 bits per heavy atom. The molecule has 1 heterocycles. The number of pyridine rings is 1. The molecule has 2 aromatic carbocycles. The van der Waals surface area contributed by atoms with E-state index in [-0.39, 0.29) is 16.5 Å². The van der Waals surface area contributed by atoms with Crippen LogP contribution in [0, 0.1) is 18.3 Å². The Balaban J connectivity index is 1.92. The van der Waals surface area contributed by atoms with Gasteiger partial charge in [0.15, 0.2) is 0 Å². The molecule has 0 saturated carbocycles. The van der Waals surface area contributed by atoms with Gasteiger partial charge in [0.1, 0.15) is 16.5 Å². The lowest BCUT2D eigenvalue weighted by molar-refractivity contribution is 0.459. The van der Waals surface area contributed by atoms with Crippen molar-refractivity contribution in [3.8, 4) is 22.9 Å². The summed E-state index contributed by atoms with van der Waals surface area (Å²) in [4.78, 5) is 3.86. The van der Waals surface area contributed by atoms with E-state index in [9.17, 15) is 13.5 Å². The Morgan fingerprint density at radius 1 is 1.04 bits per heavy atom. The maximum Gasteiger partial charge on any atom is 0.266 e. The first kappa shape index (κ1) is 17.5. The Kier molecular flexibility index (Phi) is 4.61. The lowest BCUT2D eigenvalue weighted by atomic mass is 10.0. The second kappa shape index (κ2) is 6.86. The van der Waals surface area contributed by atoms with Crippen LogP contribution in [0.2, 0.25) is 0 Å². The van der Waals surface area contributed by atoms with Gasteiger partial charge in [0.05, 0.1) is 11.6 Å². The molecule has 3 rings (SSSR count). The van der Waals surface area contributed by atoms with Crippen LogP contribution >= 0.6 is 0 Å². The molecule has 3 aromatic rings. The van der Waals surface area contributed by atoms with E-state index in [0.717, 1.165) is 5.56 Å². The average molecular weight is 365 g/mol. The van der Waals surface area contributed by atoms with Gasteiger partial charge in [0.25, 0.3) is 10.0 Å². The highest BCUT2D eigenvalue weighted by Crippen LogP contribution is 2.30. The van der Waals surface area contributed by atoms with Gasteiger partial charge in [0, 0.05) is 5.69 Å². The van der Waals surface area contributed by atoms with Crippen LogP contribution in [0.4, 0.5) is 5.82 Å². The molecule has 0 spiro atoms. The largest absolute Gasteiger partial charge is 0.506 e. The topological polar surface area (TPSA) is 103 Å². The highest BCUT2D eigenvalue weighted by molar-refractivity contribution is 7.92. The molecular formula is C19H15N3O3S. The van der Waals surface area contributed by atoms with E-state index in [1.165, 1.54) is 18.2 Å². The van der Waals surface area contributed by atoms with E-state index in [2.05, 4.69) is 9.71 Å². The molecule has 0 aliphatic carbocycles. The molecule has 0 aliphatic heterocycles. The monoisotopic (exact) mass is 365 g/mol. The smallest absolute Gasteiger partial charge is 0.266 e. The Morgan fingerprint density at radius 3 is 2.35 bits per heavy atom. The minimum absolute atomic E-state index is 0.181. The number of sulfonamides is 1. The van der Waals surface area contributed by atoms with E-state index in [0.29, 0.717) is 16.8 Å². The summed E-state index contributed by atoms with van der Waals surface area (Å²) in [6.07, 6.45) is 0. The number of anilines is 1. The van der Waals surface area contributed by atoms with Gasteiger partial charge >= 0.3 is 0 Å². The number of benzene rings is 2. The number of nitriles is 1. The van der Waals surface area contributed by atoms with Crippen molar-refractivity contribution >= 4 is 15.8 Å². The number of aromatic nitrogens is 1. The van der Waals surface area contributed by atoms with Crippen molar-refractivity contribution < 1.29 is 13.5 Å². The molecule has 0 atom stereocenters. The zero-order valence-corrected chi connectivity index (χ0v) is 14.7. The fourth-order valence-electron chi connectivity index (χ4n) is 2.45. The third kappa shape index (κ3) is 3.66. The number of aromatic hydroxyl groups is 1. The fourth-order valence-corrected chi connectivity index (χ4v) is 3.53. The number of nitrogens with one attached hydrogen (secondary N) is 1. The first-order valence-electron chi connectivity index (χ1n) is 7.69. The highest BCUT2D eigenvalue weighted by Gasteiger charge is 2.20. The van der Waals surface area contributed by atoms with E-state index in [4.69, 9.17) is 5.26 Å². The molecule has 0 radical (unpaired) electrons. The van der Waals surface area contributed by atoms with Gasteiger partial charge in [-0.15, -0.1) is 0 Å². The summed E-state index contributed by atoms with van der Waals surface area (Å²) in [5.74, 6) is -0.187. The predicted molar refractivity (Wildman–Crippen MR) is 98.0 cm³/mol. The average Bonchev–Trinajstić information content (AvgIpc) is 2.61. The van der Waals surface area contributed by atoms with Gasteiger partial charge < -0.3 is 5.11 Å². The minimum atomic E-state index is -3.98. The number of phenolic OH excluding ortho intramolecular Hbond substituents is 1. The third-order valence-corrected chi connectivity index (χ3v) is 5.13. The zero-order valence-electron chi connectivity index (χ0n) is 13.8. The summed E-state index contributed by atoms with van der Waals surface area (Å²) in [6, 6.07) is 18.1. The maximum absolute atomic E-state index is 12.5. The summed E-state index contributed by atoms with van der Waals surface area (Å²) < 4.78 is 27.4. The fraction of sp³-hybridized carbons (Fsp3) is 0.0526. The Labute approximate surface area is 151 Å². The van der Waals surface area contributed by atoms with E-state index in [1.54, 1.807) is 49.4 Å². The van der Waals surface area contributed by atoms with Crippen LogP contribution in [0.1, 0.15) is 11.3 Å². The van der Waals surface area contributed by atoms with E-state index < -0.39 is 10.0 Å². The highest BCUT2D eigenvalue weighted by atomic mass is 32.2. The Hall–Kier alpha value is -3.37. The Bertz CT molecular complexity index is 1100. The van der Waals surface area contributed by atoms with Gasteiger partial charge in [-0.3, -0.25) is 4.72 Å². The van der Waals surface area contributed by atoms with Gasteiger partial charge in [-0.25, -0.2) is 13.4 Å². The van der Waals surface area contributed by atoms with Gasteiger partial charge in [-0.2, -0.15) is 5.26 Å². The molecule has 26 heavy (non-hydrogen) atoms. The van der Waals surface area contributed by atoms with Crippen molar-refractivity contribution in [3.05, 3.63) is 71.9 Å². The quantitative estimate of drug-likeness (QED) is 0.737. The molecule has 0 amide bonds. The van der Waals surface area contributed by atoms with Crippen molar-refractivity contribution in [2.45, 2.75) is 11.8 Å². The number of aryl methyl sites for hydroxylation is 1. The summed E-state index contributed by atoms with van der Waals surface area (Å²) in [5, 5.41) is 19.1. The molecule has 0 unspecified atom stereocenters. The normalized spacial score (nSPS) is 10.9. The van der Waals surface area contributed by atoms with Crippen molar-refractivity contribution in [1.82, 2.24) is 4.98 Å². The molecule has 0 fully saturated rings. The van der Waals surface area contributed by atoms with E-state index >= 15 is 0 Å². The standard InChI is InChI=1S/C19H15N3O3S/c1-13-3-2-4-19(21-13)22-26(24,25)18-10-9-16(11-17(18)23)15-7-5-14(12-20)6-8-15/h2-11,23H,1H3,(H,21,22). The molecule has 130 valence electrons. The predicted octanol–water partition coefficient (Wildman–Crippen LogP) is 3.44. The van der Waals surface area contributed by atoms with Crippen LogP contribution in [-0.2, 0) is 10.0 Å². The first-order chi connectivity index (χ1) is 12.4. The zero-order chi connectivity index (χ0) is 18.7. The van der Waals surface area contributed by atoms with Crippen LogP contribution in [0.25, 0.3) is 11.1 Å². The molecule has 7 heteroatoms. The third-order valence-electron chi connectivity index (χ3n) is 3.72. The summed E-state index contributed by atoms with van der Waals surface area (Å²) in [7, 11) is -3.98. The van der Waals surface area contributed by atoms with Gasteiger partial charge in [0.2, 0.25) is 0 Å². The van der Waals surface area contributed by atoms with Crippen LogP contribution in [0.3, 0.4) is 0 Å². The van der Waals surface area contributed by atoms with Crippen molar-refractivity contribution in [3.63, 3.8) is 0 Å². The SMILES string of the molecule is Cc1cccc(NS(=O)(=O)c2ccc(-c3ccc(C#N)cc3)cc2O)n1. The summed E-state index contributed by atoms with van der Waals surface area (Å²) >= 11 is 0. The number of rotatable bonds is 4. The molecule has 0 aliphatic rings. The lowest BCUT2D eigenvalue weighted by Gasteiger charge is -2.11. The molecule has 6 nitrogen and oxygen atoms in total.